The normalized spacial score (nSPS) is 10.6. The summed E-state index contributed by atoms with van der Waals surface area (Å²) >= 11 is 0. The Kier molecular flexibility index (Phi) is 5.19. The zero-order valence-electron chi connectivity index (χ0n) is 14.2. The fraction of sp³-hybridized carbons (Fsp3) is 0.0476. The Bertz CT molecular complexity index is 1080. The van der Waals surface area contributed by atoms with Gasteiger partial charge in [-0.2, -0.15) is 23.7 Å². The summed E-state index contributed by atoms with van der Waals surface area (Å²) in [5.74, 6) is 0.978. The van der Waals surface area contributed by atoms with E-state index in [1.165, 1.54) is 30.3 Å². The Morgan fingerprint density at radius 3 is 1.96 bits per heavy atom. The van der Waals surface area contributed by atoms with Crippen LogP contribution in [0.25, 0.3) is 0 Å². The van der Waals surface area contributed by atoms with Gasteiger partial charge in [0.1, 0.15) is 40.7 Å². The molecule has 138 valence electrons. The number of nitrogens with zero attached hydrogens (tertiary/aromatic N) is 2. The maximum Gasteiger partial charge on any atom is 0.416 e. The van der Waals surface area contributed by atoms with Crippen molar-refractivity contribution in [1.29, 1.82) is 10.5 Å². The summed E-state index contributed by atoms with van der Waals surface area (Å²) in [6.45, 7) is 0. The molecule has 0 aliphatic heterocycles. The zero-order valence-corrected chi connectivity index (χ0v) is 14.2. The summed E-state index contributed by atoms with van der Waals surface area (Å²) in [7, 11) is 0. The minimum Gasteiger partial charge on any atom is -0.457 e. The minimum absolute atomic E-state index is 0.0528. The van der Waals surface area contributed by atoms with Crippen molar-refractivity contribution >= 4 is 0 Å². The van der Waals surface area contributed by atoms with Gasteiger partial charge in [0.05, 0.1) is 11.1 Å². The number of halogens is 3. The molecule has 0 amide bonds. The van der Waals surface area contributed by atoms with E-state index in [2.05, 4.69) is 0 Å². The van der Waals surface area contributed by atoms with Crippen LogP contribution in [0.4, 0.5) is 13.2 Å². The molecule has 0 N–H and O–H groups in total. The molecule has 0 radical (unpaired) electrons. The standard InChI is InChI=1S/C21H11F3N2O2/c22-21(23,24)15-4-2-5-18(11-15)27-16-7-9-17(10-8-16)28-20-6-1-3-14(12-25)19(20)13-26/h1-11H. The third kappa shape index (κ3) is 4.22. The minimum atomic E-state index is -4.45. The Morgan fingerprint density at radius 2 is 1.36 bits per heavy atom. The number of nitriles is 2. The van der Waals surface area contributed by atoms with Gasteiger partial charge in [0, 0.05) is 0 Å². The van der Waals surface area contributed by atoms with Crippen LogP contribution in [0.15, 0.2) is 66.7 Å². The molecule has 0 aliphatic carbocycles. The van der Waals surface area contributed by atoms with Crippen molar-refractivity contribution in [2.45, 2.75) is 6.18 Å². The van der Waals surface area contributed by atoms with E-state index in [0.29, 0.717) is 11.5 Å². The summed E-state index contributed by atoms with van der Waals surface area (Å²) in [5.41, 5.74) is -0.481. The van der Waals surface area contributed by atoms with Crippen molar-refractivity contribution < 1.29 is 22.6 Å². The SMILES string of the molecule is N#Cc1cccc(Oc2ccc(Oc3cccc(C(F)(F)F)c3)cc2)c1C#N. The van der Waals surface area contributed by atoms with Gasteiger partial charge in [-0.05, 0) is 54.6 Å². The molecule has 28 heavy (non-hydrogen) atoms. The molecule has 0 heterocycles. The van der Waals surface area contributed by atoms with Crippen molar-refractivity contribution in [1.82, 2.24) is 0 Å². The second kappa shape index (κ2) is 7.73. The van der Waals surface area contributed by atoms with Gasteiger partial charge in [-0.15, -0.1) is 0 Å². The third-order valence-electron chi connectivity index (χ3n) is 3.71. The van der Waals surface area contributed by atoms with E-state index >= 15 is 0 Å². The van der Waals surface area contributed by atoms with Gasteiger partial charge in [0.25, 0.3) is 0 Å². The first kappa shape index (κ1) is 18.8. The number of alkyl halides is 3. The Hall–Kier alpha value is -3.97. The summed E-state index contributed by atoms with van der Waals surface area (Å²) in [6.07, 6.45) is -4.45. The van der Waals surface area contributed by atoms with Gasteiger partial charge >= 0.3 is 6.18 Å². The predicted molar refractivity (Wildman–Crippen MR) is 93.9 cm³/mol. The van der Waals surface area contributed by atoms with Crippen molar-refractivity contribution in [3.05, 3.63) is 83.4 Å². The predicted octanol–water partition coefficient (Wildman–Crippen LogP) is 6.03. The van der Waals surface area contributed by atoms with E-state index in [-0.39, 0.29) is 22.6 Å². The summed E-state index contributed by atoms with van der Waals surface area (Å²) in [5, 5.41) is 18.3. The van der Waals surface area contributed by atoms with E-state index in [1.54, 1.807) is 24.3 Å². The molecule has 0 aliphatic rings. The van der Waals surface area contributed by atoms with Crippen molar-refractivity contribution in [3.8, 4) is 35.1 Å². The largest absolute Gasteiger partial charge is 0.457 e. The van der Waals surface area contributed by atoms with Gasteiger partial charge in [0.2, 0.25) is 0 Å². The van der Waals surface area contributed by atoms with Crippen molar-refractivity contribution in [3.63, 3.8) is 0 Å². The molecule has 3 aromatic carbocycles. The number of hydrogen-bond acceptors (Lipinski definition) is 4. The lowest BCUT2D eigenvalue weighted by Gasteiger charge is -2.11. The highest BCUT2D eigenvalue weighted by Gasteiger charge is 2.30. The molecule has 4 nitrogen and oxygen atoms in total. The van der Waals surface area contributed by atoms with Gasteiger partial charge in [-0.25, -0.2) is 0 Å². The maximum absolute atomic E-state index is 12.8. The molecule has 0 atom stereocenters. The number of rotatable bonds is 4. The molecular weight excluding hydrogens is 369 g/mol. The van der Waals surface area contributed by atoms with Gasteiger partial charge in [-0.3, -0.25) is 0 Å². The first-order chi connectivity index (χ1) is 13.4. The van der Waals surface area contributed by atoms with Crippen LogP contribution in [0, 0.1) is 22.7 Å². The molecule has 0 spiro atoms. The summed E-state index contributed by atoms with van der Waals surface area (Å²) < 4.78 is 49.4. The highest BCUT2D eigenvalue weighted by atomic mass is 19.4. The monoisotopic (exact) mass is 380 g/mol. The second-order valence-corrected chi connectivity index (χ2v) is 5.60. The topological polar surface area (TPSA) is 66.0 Å². The van der Waals surface area contributed by atoms with E-state index in [1.807, 2.05) is 12.1 Å². The Morgan fingerprint density at radius 1 is 0.714 bits per heavy atom. The van der Waals surface area contributed by atoms with Crippen LogP contribution in [-0.2, 0) is 6.18 Å². The van der Waals surface area contributed by atoms with Crippen LogP contribution in [0.2, 0.25) is 0 Å². The van der Waals surface area contributed by atoms with Crippen molar-refractivity contribution in [2.75, 3.05) is 0 Å². The third-order valence-corrected chi connectivity index (χ3v) is 3.71. The zero-order chi connectivity index (χ0) is 20.1. The molecule has 3 rings (SSSR count). The Labute approximate surface area is 158 Å². The first-order valence-corrected chi connectivity index (χ1v) is 7.97. The van der Waals surface area contributed by atoms with Crippen LogP contribution < -0.4 is 9.47 Å². The molecule has 0 unspecified atom stereocenters. The average molecular weight is 380 g/mol. The van der Waals surface area contributed by atoms with Gasteiger partial charge < -0.3 is 9.47 Å². The van der Waals surface area contributed by atoms with Crippen LogP contribution in [0.3, 0.4) is 0 Å². The fourth-order valence-corrected chi connectivity index (χ4v) is 2.40. The highest BCUT2D eigenvalue weighted by Crippen LogP contribution is 2.33. The van der Waals surface area contributed by atoms with E-state index in [4.69, 9.17) is 14.7 Å². The van der Waals surface area contributed by atoms with Crippen LogP contribution in [0.5, 0.6) is 23.0 Å². The molecule has 7 heteroatoms. The quantitative estimate of drug-likeness (QED) is 0.554. The lowest BCUT2D eigenvalue weighted by Crippen LogP contribution is -2.04. The molecule has 0 saturated heterocycles. The van der Waals surface area contributed by atoms with E-state index in [0.717, 1.165) is 12.1 Å². The molecule has 0 fully saturated rings. The lowest BCUT2D eigenvalue weighted by molar-refractivity contribution is -0.137. The lowest BCUT2D eigenvalue weighted by atomic mass is 10.1. The van der Waals surface area contributed by atoms with Crippen molar-refractivity contribution in [2.24, 2.45) is 0 Å². The molecule has 3 aromatic rings. The molecule has 0 saturated carbocycles. The maximum atomic E-state index is 12.8. The smallest absolute Gasteiger partial charge is 0.416 e. The van der Waals surface area contributed by atoms with E-state index in [9.17, 15) is 18.4 Å². The van der Waals surface area contributed by atoms with Gasteiger partial charge in [0.15, 0.2) is 0 Å². The number of benzene rings is 3. The fourth-order valence-electron chi connectivity index (χ4n) is 2.40. The van der Waals surface area contributed by atoms with Crippen LogP contribution >= 0.6 is 0 Å². The summed E-state index contributed by atoms with van der Waals surface area (Å²) in [6, 6.07) is 19.2. The average Bonchev–Trinajstić information content (AvgIpc) is 2.69. The van der Waals surface area contributed by atoms with E-state index < -0.39 is 11.7 Å². The second-order valence-electron chi connectivity index (χ2n) is 5.60. The van der Waals surface area contributed by atoms with Gasteiger partial charge in [-0.1, -0.05) is 12.1 Å². The first-order valence-electron chi connectivity index (χ1n) is 7.97. The molecule has 0 aromatic heterocycles. The summed E-state index contributed by atoms with van der Waals surface area (Å²) in [4.78, 5) is 0. The molecular formula is C21H11F3N2O2. The highest BCUT2D eigenvalue weighted by molar-refractivity contribution is 5.55. The Balaban J connectivity index is 1.77. The van der Waals surface area contributed by atoms with Crippen LogP contribution in [0.1, 0.15) is 16.7 Å². The molecule has 0 bridgehead atoms. The van der Waals surface area contributed by atoms with Crippen LogP contribution in [-0.4, -0.2) is 0 Å². The number of ether oxygens (including phenoxy) is 2. The number of hydrogen-bond donors (Lipinski definition) is 0.